The molecule has 3 aromatic rings. The maximum atomic E-state index is 11.6. The van der Waals surface area contributed by atoms with Crippen LogP contribution in [0.3, 0.4) is 0 Å². The van der Waals surface area contributed by atoms with E-state index >= 15 is 0 Å². The normalized spacial score (nSPS) is 10.7. The van der Waals surface area contributed by atoms with Crippen LogP contribution in [0.1, 0.15) is 37.0 Å². The van der Waals surface area contributed by atoms with E-state index in [4.69, 9.17) is 14.2 Å². The number of benzene rings is 3. The van der Waals surface area contributed by atoms with Crippen LogP contribution in [-0.4, -0.2) is 11.9 Å². The topological polar surface area (TPSA) is 61.8 Å². The molecular formula is C30H28O5. The van der Waals surface area contributed by atoms with Crippen molar-refractivity contribution in [2.24, 2.45) is 0 Å². The lowest BCUT2D eigenvalue weighted by Crippen LogP contribution is -2.25. The molecule has 0 radical (unpaired) electrons. The highest BCUT2D eigenvalue weighted by Crippen LogP contribution is 2.40. The highest BCUT2D eigenvalue weighted by Gasteiger charge is 2.31. The highest BCUT2D eigenvalue weighted by atomic mass is 16.5. The molecule has 0 aromatic heterocycles. The van der Waals surface area contributed by atoms with Crippen molar-refractivity contribution in [3.8, 4) is 17.2 Å². The van der Waals surface area contributed by atoms with Crippen molar-refractivity contribution in [1.29, 1.82) is 0 Å². The van der Waals surface area contributed by atoms with Crippen LogP contribution in [0.4, 0.5) is 0 Å². The van der Waals surface area contributed by atoms with E-state index in [1.165, 1.54) is 0 Å². The van der Waals surface area contributed by atoms with Crippen molar-refractivity contribution < 1.29 is 23.8 Å². The standard InChI is InChI=1S/C30H28O5/c1-6-21(4)33-25-15-9-22(10-16-25)30(5,23-11-17-26(18-12-23)34-28(31)7-2)24-13-19-27(20-14-24)35-29(32)8-3/h7-20H,2-4,6H2,1,5H3. The van der Waals surface area contributed by atoms with E-state index in [0.29, 0.717) is 23.0 Å². The van der Waals surface area contributed by atoms with E-state index in [0.717, 1.165) is 35.3 Å². The quantitative estimate of drug-likeness (QED) is 0.111. The van der Waals surface area contributed by atoms with Crippen molar-refractivity contribution in [2.75, 3.05) is 0 Å². The van der Waals surface area contributed by atoms with Gasteiger partial charge in [0.05, 0.1) is 5.76 Å². The van der Waals surface area contributed by atoms with Crippen LogP contribution >= 0.6 is 0 Å². The third-order valence-electron chi connectivity index (χ3n) is 5.72. The number of hydrogen-bond donors (Lipinski definition) is 0. The van der Waals surface area contributed by atoms with E-state index in [9.17, 15) is 9.59 Å². The summed E-state index contributed by atoms with van der Waals surface area (Å²) in [6.45, 7) is 14.8. The lowest BCUT2D eigenvalue weighted by atomic mass is 9.71. The van der Waals surface area contributed by atoms with Gasteiger partial charge < -0.3 is 14.2 Å². The van der Waals surface area contributed by atoms with Gasteiger partial charge in [-0.05, 0) is 60.0 Å². The Morgan fingerprint density at radius 1 is 0.686 bits per heavy atom. The van der Waals surface area contributed by atoms with Crippen molar-refractivity contribution in [1.82, 2.24) is 0 Å². The predicted octanol–water partition coefficient (Wildman–Crippen LogP) is 6.53. The molecule has 0 saturated carbocycles. The monoisotopic (exact) mass is 468 g/mol. The van der Waals surface area contributed by atoms with Gasteiger partial charge in [0.2, 0.25) is 0 Å². The van der Waals surface area contributed by atoms with Crippen molar-refractivity contribution in [2.45, 2.75) is 25.7 Å². The molecular weight excluding hydrogens is 440 g/mol. The van der Waals surface area contributed by atoms with Gasteiger partial charge in [0.1, 0.15) is 17.2 Å². The molecule has 0 saturated heterocycles. The third kappa shape index (κ3) is 5.95. The number of allylic oxidation sites excluding steroid dienone is 1. The van der Waals surface area contributed by atoms with Gasteiger partial charge in [-0.15, -0.1) is 0 Å². The Hall–Kier alpha value is -4.38. The summed E-state index contributed by atoms with van der Waals surface area (Å²) in [7, 11) is 0. The average molecular weight is 469 g/mol. The van der Waals surface area contributed by atoms with Gasteiger partial charge in [-0.3, -0.25) is 0 Å². The second kappa shape index (κ2) is 11.2. The summed E-state index contributed by atoms with van der Waals surface area (Å²) in [5.41, 5.74) is 2.37. The maximum Gasteiger partial charge on any atom is 0.335 e. The zero-order valence-electron chi connectivity index (χ0n) is 20.0. The molecule has 35 heavy (non-hydrogen) atoms. The Morgan fingerprint density at radius 2 is 1.00 bits per heavy atom. The molecule has 5 heteroatoms. The molecule has 0 amide bonds. The van der Waals surface area contributed by atoms with Crippen molar-refractivity contribution in [3.05, 3.63) is 127 Å². The van der Waals surface area contributed by atoms with Crippen LogP contribution in [-0.2, 0) is 15.0 Å². The minimum Gasteiger partial charge on any atom is -0.462 e. The first-order valence-corrected chi connectivity index (χ1v) is 11.2. The SMILES string of the molecule is C=CC(=O)Oc1ccc(C(C)(c2ccc(OC(=C)CC)cc2)c2ccc(OC(=O)C=C)cc2)cc1. The summed E-state index contributed by atoms with van der Waals surface area (Å²) in [6, 6.07) is 22.5. The Kier molecular flexibility index (Phi) is 8.05. The Bertz CT molecular complexity index is 1150. The lowest BCUT2D eigenvalue weighted by Gasteiger charge is -2.32. The summed E-state index contributed by atoms with van der Waals surface area (Å²) >= 11 is 0. The van der Waals surface area contributed by atoms with Crippen molar-refractivity contribution >= 4 is 11.9 Å². The van der Waals surface area contributed by atoms with E-state index in [2.05, 4.69) is 26.7 Å². The van der Waals surface area contributed by atoms with Crippen LogP contribution in [0, 0.1) is 0 Å². The molecule has 0 unspecified atom stereocenters. The molecule has 0 aliphatic rings. The minimum atomic E-state index is -0.581. The smallest absolute Gasteiger partial charge is 0.335 e. The summed E-state index contributed by atoms with van der Waals surface area (Å²) in [5.74, 6) is 1.21. The fourth-order valence-electron chi connectivity index (χ4n) is 3.62. The average Bonchev–Trinajstić information content (AvgIpc) is 2.89. The number of carbonyl (C=O) groups excluding carboxylic acids is 2. The van der Waals surface area contributed by atoms with Gasteiger partial charge in [-0.1, -0.05) is 63.1 Å². The number of rotatable bonds is 10. The first-order valence-electron chi connectivity index (χ1n) is 11.2. The van der Waals surface area contributed by atoms with Crippen LogP contribution < -0.4 is 14.2 Å². The van der Waals surface area contributed by atoms with Gasteiger partial charge in [0.25, 0.3) is 0 Å². The third-order valence-corrected chi connectivity index (χ3v) is 5.72. The summed E-state index contributed by atoms with van der Waals surface area (Å²) in [4.78, 5) is 23.1. The van der Waals surface area contributed by atoms with Gasteiger partial charge in [0.15, 0.2) is 0 Å². The second-order valence-electron chi connectivity index (χ2n) is 7.94. The molecule has 0 heterocycles. The maximum absolute atomic E-state index is 11.6. The molecule has 0 spiro atoms. The molecule has 0 fully saturated rings. The van der Waals surface area contributed by atoms with E-state index in [-0.39, 0.29) is 0 Å². The highest BCUT2D eigenvalue weighted by molar-refractivity contribution is 5.83. The first kappa shape index (κ1) is 25.2. The van der Waals surface area contributed by atoms with E-state index in [1.807, 2.05) is 55.5 Å². The summed E-state index contributed by atoms with van der Waals surface area (Å²) < 4.78 is 16.2. The number of carbonyl (C=O) groups is 2. The van der Waals surface area contributed by atoms with Crippen molar-refractivity contribution in [3.63, 3.8) is 0 Å². The van der Waals surface area contributed by atoms with Crippen LogP contribution in [0.25, 0.3) is 0 Å². The molecule has 3 aromatic carbocycles. The molecule has 178 valence electrons. The van der Waals surface area contributed by atoms with Gasteiger partial charge in [-0.25, -0.2) is 9.59 Å². The number of ether oxygens (including phenoxy) is 3. The zero-order valence-corrected chi connectivity index (χ0v) is 20.0. The minimum absolute atomic E-state index is 0.425. The molecule has 0 aliphatic heterocycles. The molecule has 0 bridgehead atoms. The fraction of sp³-hybridized carbons (Fsp3) is 0.133. The molecule has 0 atom stereocenters. The molecule has 0 aliphatic carbocycles. The summed E-state index contributed by atoms with van der Waals surface area (Å²) in [6.07, 6.45) is 2.97. The van der Waals surface area contributed by atoms with E-state index < -0.39 is 17.4 Å². The van der Waals surface area contributed by atoms with Crippen LogP contribution in [0.15, 0.2) is 110 Å². The largest absolute Gasteiger partial charge is 0.462 e. The Labute approximate surface area is 206 Å². The van der Waals surface area contributed by atoms with E-state index in [1.54, 1.807) is 24.3 Å². The van der Waals surface area contributed by atoms with Gasteiger partial charge in [0, 0.05) is 24.0 Å². The van der Waals surface area contributed by atoms with Gasteiger partial charge >= 0.3 is 11.9 Å². The Morgan fingerprint density at radius 3 is 1.29 bits per heavy atom. The summed E-state index contributed by atoms with van der Waals surface area (Å²) in [5, 5.41) is 0. The van der Waals surface area contributed by atoms with Gasteiger partial charge in [-0.2, -0.15) is 0 Å². The zero-order chi connectivity index (χ0) is 25.4. The number of hydrogen-bond acceptors (Lipinski definition) is 5. The Balaban J connectivity index is 2.03. The first-order chi connectivity index (χ1) is 16.8. The number of esters is 2. The fourth-order valence-corrected chi connectivity index (χ4v) is 3.62. The van der Waals surface area contributed by atoms with Crippen LogP contribution in [0.2, 0.25) is 0 Å². The molecule has 3 rings (SSSR count). The second-order valence-corrected chi connectivity index (χ2v) is 7.94. The molecule has 5 nitrogen and oxygen atoms in total. The molecule has 0 N–H and O–H groups in total. The predicted molar refractivity (Wildman–Crippen MR) is 137 cm³/mol. The van der Waals surface area contributed by atoms with Crippen LogP contribution in [0.5, 0.6) is 17.2 Å². The lowest BCUT2D eigenvalue weighted by molar-refractivity contribution is -0.129.